The van der Waals surface area contributed by atoms with Crippen molar-refractivity contribution >= 4 is 17.4 Å². The Kier molecular flexibility index (Phi) is 5.20. The molecule has 134 valence electrons. The highest BCUT2D eigenvalue weighted by Gasteiger charge is 2.37. The molecule has 7 heteroatoms. The highest BCUT2D eigenvalue weighted by Crippen LogP contribution is 2.39. The fourth-order valence-corrected chi connectivity index (χ4v) is 3.31. The fraction of sp³-hybridized carbons (Fsp3) is 0.389. The molecule has 1 fully saturated rings. The lowest BCUT2D eigenvalue weighted by Crippen LogP contribution is -2.37. The first kappa shape index (κ1) is 18.0. The van der Waals surface area contributed by atoms with Gasteiger partial charge in [-0.05, 0) is 49.1 Å². The Labute approximate surface area is 149 Å². The van der Waals surface area contributed by atoms with Crippen molar-refractivity contribution in [1.82, 2.24) is 4.98 Å². The van der Waals surface area contributed by atoms with E-state index in [1.54, 1.807) is 29.2 Å². The van der Waals surface area contributed by atoms with Gasteiger partial charge >= 0.3 is 6.18 Å². The van der Waals surface area contributed by atoms with Gasteiger partial charge in [0.1, 0.15) is 5.82 Å². The van der Waals surface area contributed by atoms with Gasteiger partial charge in [0.15, 0.2) is 0 Å². The number of rotatable bonds is 3. The molecule has 0 saturated carbocycles. The van der Waals surface area contributed by atoms with Crippen LogP contribution in [0.3, 0.4) is 0 Å². The van der Waals surface area contributed by atoms with Crippen molar-refractivity contribution in [2.24, 2.45) is 11.7 Å². The summed E-state index contributed by atoms with van der Waals surface area (Å²) in [6.07, 6.45) is -1.43. The molecule has 25 heavy (non-hydrogen) atoms. The molecule has 2 heterocycles. The molecule has 1 aromatic heterocycles. The maximum atomic E-state index is 13.6. The number of hydrogen-bond acceptors (Lipinski definition) is 3. The van der Waals surface area contributed by atoms with Gasteiger partial charge in [-0.2, -0.15) is 13.2 Å². The van der Waals surface area contributed by atoms with E-state index in [0.29, 0.717) is 41.7 Å². The highest BCUT2D eigenvalue weighted by molar-refractivity contribution is 6.30. The smallest absolute Gasteiger partial charge is 0.356 e. The van der Waals surface area contributed by atoms with Gasteiger partial charge < -0.3 is 10.6 Å². The number of nitrogens with two attached hydrogens (primary N) is 1. The first-order valence-electron chi connectivity index (χ1n) is 8.16. The maximum Gasteiger partial charge on any atom is 0.419 e. The molecule has 3 rings (SSSR count). The molecule has 0 bridgehead atoms. The molecule has 1 saturated heterocycles. The van der Waals surface area contributed by atoms with Crippen molar-refractivity contribution in [3.63, 3.8) is 0 Å². The van der Waals surface area contributed by atoms with E-state index in [0.717, 1.165) is 18.9 Å². The first-order chi connectivity index (χ1) is 11.9. The molecule has 1 aliphatic heterocycles. The molecular formula is C18H19ClF3N3. The number of halogens is 4. The average molecular weight is 370 g/mol. The Bertz CT molecular complexity index is 741. The largest absolute Gasteiger partial charge is 0.419 e. The zero-order chi connectivity index (χ0) is 18.0. The Morgan fingerprint density at radius 3 is 2.48 bits per heavy atom. The second kappa shape index (κ2) is 7.22. The van der Waals surface area contributed by atoms with Gasteiger partial charge in [0.25, 0.3) is 0 Å². The number of pyridine rings is 1. The van der Waals surface area contributed by atoms with E-state index < -0.39 is 11.7 Å². The highest BCUT2D eigenvalue weighted by atomic mass is 35.5. The molecule has 0 radical (unpaired) electrons. The van der Waals surface area contributed by atoms with E-state index in [1.165, 1.54) is 6.20 Å². The third kappa shape index (κ3) is 4.07. The number of benzene rings is 1. The summed E-state index contributed by atoms with van der Waals surface area (Å²) in [7, 11) is 0. The lowest BCUT2D eigenvalue weighted by Gasteiger charge is -2.33. The van der Waals surface area contributed by atoms with Gasteiger partial charge in [-0.1, -0.05) is 23.7 Å². The molecule has 0 atom stereocenters. The van der Waals surface area contributed by atoms with Crippen LogP contribution in [-0.4, -0.2) is 24.6 Å². The monoisotopic (exact) mass is 369 g/mol. The lowest BCUT2D eigenvalue weighted by molar-refractivity contribution is -0.137. The molecule has 3 nitrogen and oxygen atoms in total. The van der Waals surface area contributed by atoms with Crippen LogP contribution in [0.4, 0.5) is 19.0 Å². The van der Waals surface area contributed by atoms with Gasteiger partial charge in [0.05, 0.1) is 5.56 Å². The van der Waals surface area contributed by atoms with Crippen LogP contribution in [0.25, 0.3) is 11.1 Å². The normalized spacial score (nSPS) is 16.3. The van der Waals surface area contributed by atoms with E-state index >= 15 is 0 Å². The van der Waals surface area contributed by atoms with E-state index in [1.807, 2.05) is 0 Å². The molecule has 1 aliphatic rings. The third-order valence-electron chi connectivity index (χ3n) is 4.58. The van der Waals surface area contributed by atoms with Gasteiger partial charge in [0.2, 0.25) is 0 Å². The number of nitrogens with zero attached hydrogens (tertiary/aromatic N) is 2. The van der Waals surface area contributed by atoms with E-state index in [9.17, 15) is 13.2 Å². The average Bonchev–Trinajstić information content (AvgIpc) is 2.60. The van der Waals surface area contributed by atoms with Gasteiger partial charge in [-0.3, -0.25) is 0 Å². The van der Waals surface area contributed by atoms with Crippen molar-refractivity contribution < 1.29 is 13.2 Å². The van der Waals surface area contributed by atoms with Crippen molar-refractivity contribution in [1.29, 1.82) is 0 Å². The minimum atomic E-state index is -4.47. The zero-order valence-electron chi connectivity index (χ0n) is 13.6. The first-order valence-corrected chi connectivity index (χ1v) is 8.54. The SMILES string of the molecule is NCC1CCN(c2ncc(-c3cccc(Cl)c3)cc2C(F)(F)F)CC1. The summed E-state index contributed by atoms with van der Waals surface area (Å²) in [5.74, 6) is 0.366. The molecule has 0 unspecified atom stereocenters. The summed E-state index contributed by atoms with van der Waals surface area (Å²) in [5, 5.41) is 0.471. The van der Waals surface area contributed by atoms with E-state index in [2.05, 4.69) is 4.98 Å². The standard InChI is InChI=1S/C18H19ClF3N3/c19-15-3-1-2-13(8-15)14-9-16(18(20,21)22)17(24-11-14)25-6-4-12(10-23)5-7-25/h1-3,8-9,11-12H,4-7,10,23H2. The predicted molar refractivity (Wildman–Crippen MR) is 93.7 cm³/mol. The quantitative estimate of drug-likeness (QED) is 0.860. The molecule has 1 aromatic carbocycles. The van der Waals surface area contributed by atoms with Gasteiger partial charge in [0, 0.05) is 29.9 Å². The van der Waals surface area contributed by atoms with Gasteiger partial charge in [-0.25, -0.2) is 4.98 Å². The summed E-state index contributed by atoms with van der Waals surface area (Å²) in [6, 6.07) is 7.89. The van der Waals surface area contributed by atoms with Crippen LogP contribution in [0, 0.1) is 5.92 Å². The van der Waals surface area contributed by atoms with Crippen molar-refractivity contribution in [3.05, 3.63) is 47.1 Å². The van der Waals surface area contributed by atoms with Gasteiger partial charge in [-0.15, -0.1) is 0 Å². The lowest BCUT2D eigenvalue weighted by atomic mass is 9.96. The zero-order valence-corrected chi connectivity index (χ0v) is 14.3. The predicted octanol–water partition coefficient (Wildman–Crippen LogP) is 4.60. The minimum absolute atomic E-state index is 0.00579. The third-order valence-corrected chi connectivity index (χ3v) is 4.81. The topological polar surface area (TPSA) is 42.1 Å². The van der Waals surface area contributed by atoms with E-state index in [-0.39, 0.29) is 5.82 Å². The Hall–Kier alpha value is -1.79. The van der Waals surface area contributed by atoms with Crippen LogP contribution in [-0.2, 0) is 6.18 Å². The Morgan fingerprint density at radius 1 is 1.16 bits per heavy atom. The molecule has 0 amide bonds. The molecular weight excluding hydrogens is 351 g/mol. The number of aromatic nitrogens is 1. The Balaban J connectivity index is 1.97. The van der Waals surface area contributed by atoms with Crippen molar-refractivity contribution in [3.8, 4) is 11.1 Å². The van der Waals surface area contributed by atoms with Crippen LogP contribution >= 0.6 is 11.6 Å². The number of hydrogen-bond donors (Lipinski definition) is 1. The maximum absolute atomic E-state index is 13.6. The molecule has 0 aliphatic carbocycles. The van der Waals surface area contributed by atoms with Crippen LogP contribution in [0.1, 0.15) is 18.4 Å². The van der Waals surface area contributed by atoms with Crippen LogP contribution in [0.5, 0.6) is 0 Å². The van der Waals surface area contributed by atoms with Crippen molar-refractivity contribution in [2.75, 3.05) is 24.5 Å². The van der Waals surface area contributed by atoms with E-state index in [4.69, 9.17) is 17.3 Å². The van der Waals surface area contributed by atoms with Crippen LogP contribution in [0.15, 0.2) is 36.5 Å². The van der Waals surface area contributed by atoms with Crippen LogP contribution < -0.4 is 10.6 Å². The summed E-state index contributed by atoms with van der Waals surface area (Å²) in [4.78, 5) is 5.86. The molecule has 2 aromatic rings. The Morgan fingerprint density at radius 2 is 1.88 bits per heavy atom. The minimum Gasteiger partial charge on any atom is -0.356 e. The second-order valence-corrected chi connectivity index (χ2v) is 6.71. The van der Waals surface area contributed by atoms with Crippen molar-refractivity contribution in [2.45, 2.75) is 19.0 Å². The van der Waals surface area contributed by atoms with Crippen LogP contribution in [0.2, 0.25) is 5.02 Å². The summed E-state index contributed by atoms with van der Waals surface area (Å²) < 4.78 is 40.8. The summed E-state index contributed by atoms with van der Waals surface area (Å²) >= 11 is 5.94. The number of piperidine rings is 1. The molecule has 2 N–H and O–H groups in total. The second-order valence-electron chi connectivity index (χ2n) is 6.27. The fourth-order valence-electron chi connectivity index (χ4n) is 3.12. The molecule has 0 spiro atoms. The number of alkyl halides is 3. The summed E-state index contributed by atoms with van der Waals surface area (Å²) in [6.45, 7) is 1.64. The number of anilines is 1. The summed E-state index contributed by atoms with van der Waals surface area (Å²) in [5.41, 5.74) is 5.95.